The van der Waals surface area contributed by atoms with Crippen LogP contribution >= 0.6 is 0 Å². The molecule has 1 atom stereocenters. The highest BCUT2D eigenvalue weighted by Crippen LogP contribution is 2.09. The molecule has 0 aliphatic heterocycles. The van der Waals surface area contributed by atoms with Crippen molar-refractivity contribution in [3.8, 4) is 6.07 Å². The van der Waals surface area contributed by atoms with E-state index in [9.17, 15) is 9.59 Å². The van der Waals surface area contributed by atoms with Crippen molar-refractivity contribution in [3.05, 3.63) is 0 Å². The first kappa shape index (κ1) is 19.2. The Kier molecular flexibility index (Phi) is 10.0. The third-order valence-electron chi connectivity index (χ3n) is 3.13. The molecule has 1 unspecified atom stereocenters. The zero-order chi connectivity index (χ0) is 16.3. The van der Waals surface area contributed by atoms with Crippen molar-refractivity contribution in [1.29, 1.82) is 5.26 Å². The van der Waals surface area contributed by atoms with E-state index in [2.05, 4.69) is 11.4 Å². The highest BCUT2D eigenvalue weighted by atomic mass is 16.4. The number of amides is 2. The Morgan fingerprint density at radius 2 is 1.95 bits per heavy atom. The zero-order valence-corrected chi connectivity index (χ0v) is 13.3. The molecule has 21 heavy (non-hydrogen) atoms. The predicted molar refractivity (Wildman–Crippen MR) is 80.7 cm³/mol. The van der Waals surface area contributed by atoms with Crippen molar-refractivity contribution in [2.45, 2.75) is 46.5 Å². The lowest BCUT2D eigenvalue weighted by Crippen LogP contribution is -2.42. The van der Waals surface area contributed by atoms with Gasteiger partial charge in [-0.1, -0.05) is 20.8 Å². The Hall–Kier alpha value is -1.77. The molecule has 2 N–H and O–H groups in total. The second-order valence-corrected chi connectivity index (χ2v) is 5.81. The third-order valence-corrected chi connectivity index (χ3v) is 3.13. The van der Waals surface area contributed by atoms with Gasteiger partial charge in [0.2, 0.25) is 0 Å². The van der Waals surface area contributed by atoms with Crippen molar-refractivity contribution in [2.24, 2.45) is 11.8 Å². The first-order valence-electron chi connectivity index (χ1n) is 7.48. The summed E-state index contributed by atoms with van der Waals surface area (Å²) in [5.41, 5.74) is 0. The van der Waals surface area contributed by atoms with Crippen molar-refractivity contribution in [2.75, 3.05) is 19.6 Å². The van der Waals surface area contributed by atoms with Crippen LogP contribution in [0.5, 0.6) is 0 Å². The fraction of sp³-hybridized carbons (Fsp3) is 0.800. The number of urea groups is 1. The minimum absolute atomic E-state index is 0.149. The lowest BCUT2D eigenvalue weighted by molar-refractivity contribution is -0.137. The van der Waals surface area contributed by atoms with E-state index in [1.807, 2.05) is 20.8 Å². The van der Waals surface area contributed by atoms with Gasteiger partial charge in [-0.05, 0) is 24.7 Å². The maximum atomic E-state index is 12.0. The van der Waals surface area contributed by atoms with Gasteiger partial charge in [0.05, 0.1) is 12.5 Å². The summed E-state index contributed by atoms with van der Waals surface area (Å²) in [6.45, 7) is 7.63. The number of nitrogens with zero attached hydrogens (tertiary/aromatic N) is 2. The number of nitriles is 1. The molecule has 0 rings (SSSR count). The van der Waals surface area contributed by atoms with Crippen LogP contribution in [0.1, 0.15) is 46.5 Å². The Balaban J connectivity index is 4.06. The van der Waals surface area contributed by atoms with E-state index in [0.717, 1.165) is 6.42 Å². The van der Waals surface area contributed by atoms with E-state index in [1.165, 1.54) is 0 Å². The van der Waals surface area contributed by atoms with E-state index in [4.69, 9.17) is 10.4 Å². The number of hydrogen-bond donors (Lipinski definition) is 2. The molecule has 6 heteroatoms. The molecule has 0 radical (unpaired) electrons. The smallest absolute Gasteiger partial charge is 0.317 e. The summed E-state index contributed by atoms with van der Waals surface area (Å²) >= 11 is 0. The van der Waals surface area contributed by atoms with Crippen molar-refractivity contribution in [3.63, 3.8) is 0 Å². The van der Waals surface area contributed by atoms with Gasteiger partial charge in [-0.2, -0.15) is 5.26 Å². The maximum Gasteiger partial charge on any atom is 0.317 e. The molecule has 0 heterocycles. The number of carbonyl (C=O) groups excluding carboxylic acids is 1. The molecular formula is C15H27N3O3. The number of aliphatic carboxylic acids is 1. The van der Waals surface area contributed by atoms with Crippen LogP contribution in [0.15, 0.2) is 0 Å². The van der Waals surface area contributed by atoms with E-state index in [0.29, 0.717) is 38.4 Å². The van der Waals surface area contributed by atoms with Gasteiger partial charge in [-0.3, -0.25) is 4.79 Å². The summed E-state index contributed by atoms with van der Waals surface area (Å²) in [4.78, 5) is 24.2. The highest BCUT2D eigenvalue weighted by Gasteiger charge is 2.14. The van der Waals surface area contributed by atoms with Crippen molar-refractivity contribution < 1.29 is 14.7 Å². The molecule has 0 fully saturated rings. The van der Waals surface area contributed by atoms with Gasteiger partial charge >= 0.3 is 12.0 Å². The summed E-state index contributed by atoms with van der Waals surface area (Å²) in [5, 5.41) is 20.1. The number of carboxylic acid groups (broad SMARTS) is 1. The Morgan fingerprint density at radius 1 is 1.29 bits per heavy atom. The van der Waals surface area contributed by atoms with Crippen LogP contribution in [0.3, 0.4) is 0 Å². The molecule has 120 valence electrons. The SMILES string of the molecule is CC(C)CN(CCC#N)C(=O)NCCC(C)CCC(=O)O. The van der Waals surface area contributed by atoms with E-state index >= 15 is 0 Å². The van der Waals surface area contributed by atoms with Crippen LogP contribution in [0.2, 0.25) is 0 Å². The van der Waals surface area contributed by atoms with Crippen LogP contribution in [-0.4, -0.2) is 41.6 Å². The van der Waals surface area contributed by atoms with Gasteiger partial charge in [0, 0.05) is 26.1 Å². The molecular weight excluding hydrogens is 270 g/mol. The Labute approximate surface area is 127 Å². The number of carboxylic acids is 1. The third kappa shape index (κ3) is 10.7. The molecule has 0 aromatic carbocycles. The molecule has 0 aromatic heterocycles. The minimum atomic E-state index is -0.787. The lowest BCUT2D eigenvalue weighted by atomic mass is 10.0. The van der Waals surface area contributed by atoms with Gasteiger partial charge in [0.25, 0.3) is 0 Å². The number of hydrogen-bond acceptors (Lipinski definition) is 3. The number of rotatable bonds is 10. The van der Waals surface area contributed by atoms with Crippen molar-refractivity contribution >= 4 is 12.0 Å². The van der Waals surface area contributed by atoms with Gasteiger partial charge in [0.15, 0.2) is 0 Å². The Morgan fingerprint density at radius 3 is 2.48 bits per heavy atom. The first-order chi connectivity index (χ1) is 9.86. The van der Waals surface area contributed by atoms with E-state index < -0.39 is 5.97 Å². The summed E-state index contributed by atoms with van der Waals surface area (Å²) in [5.74, 6) is -0.173. The van der Waals surface area contributed by atoms with Crippen LogP contribution in [-0.2, 0) is 4.79 Å². The Bertz CT molecular complexity index is 364. The normalized spacial score (nSPS) is 11.8. The van der Waals surface area contributed by atoms with Gasteiger partial charge in [-0.25, -0.2) is 4.79 Å². The fourth-order valence-electron chi connectivity index (χ4n) is 1.95. The second-order valence-electron chi connectivity index (χ2n) is 5.81. The topological polar surface area (TPSA) is 93.4 Å². The largest absolute Gasteiger partial charge is 0.481 e. The average molecular weight is 297 g/mol. The van der Waals surface area contributed by atoms with Crippen LogP contribution in [0.25, 0.3) is 0 Å². The monoisotopic (exact) mass is 297 g/mol. The first-order valence-corrected chi connectivity index (χ1v) is 7.48. The molecule has 0 saturated heterocycles. The molecule has 0 aromatic rings. The molecule has 0 aliphatic rings. The highest BCUT2D eigenvalue weighted by molar-refractivity contribution is 5.74. The average Bonchev–Trinajstić information content (AvgIpc) is 2.40. The summed E-state index contributed by atoms with van der Waals surface area (Å²) < 4.78 is 0. The molecule has 6 nitrogen and oxygen atoms in total. The second kappa shape index (κ2) is 11.0. The van der Waals surface area contributed by atoms with Gasteiger partial charge in [-0.15, -0.1) is 0 Å². The molecule has 0 bridgehead atoms. The van der Waals surface area contributed by atoms with Crippen molar-refractivity contribution in [1.82, 2.24) is 10.2 Å². The summed E-state index contributed by atoms with van der Waals surface area (Å²) in [6.07, 6.45) is 1.87. The summed E-state index contributed by atoms with van der Waals surface area (Å²) in [6, 6.07) is 1.90. The van der Waals surface area contributed by atoms with Crippen LogP contribution in [0, 0.1) is 23.2 Å². The van der Waals surface area contributed by atoms with E-state index in [1.54, 1.807) is 4.90 Å². The zero-order valence-electron chi connectivity index (χ0n) is 13.3. The molecule has 0 spiro atoms. The predicted octanol–water partition coefficient (Wildman–Crippen LogP) is 2.46. The lowest BCUT2D eigenvalue weighted by Gasteiger charge is -2.24. The maximum absolute atomic E-state index is 12.0. The van der Waals surface area contributed by atoms with Crippen LogP contribution < -0.4 is 5.32 Å². The van der Waals surface area contributed by atoms with Gasteiger partial charge < -0.3 is 15.3 Å². The molecule has 0 aliphatic carbocycles. The standard InChI is InChI=1S/C15H27N3O3/c1-12(2)11-18(10-4-8-16)15(21)17-9-7-13(3)5-6-14(19)20/h12-13H,4-7,9-11H2,1-3H3,(H,17,21)(H,19,20). The number of nitrogens with one attached hydrogen (secondary N) is 1. The fourth-order valence-corrected chi connectivity index (χ4v) is 1.95. The molecule has 2 amide bonds. The van der Waals surface area contributed by atoms with E-state index in [-0.39, 0.29) is 18.4 Å². The minimum Gasteiger partial charge on any atom is -0.481 e. The molecule has 0 saturated carbocycles. The quantitative estimate of drug-likeness (QED) is 0.647. The number of carbonyl (C=O) groups is 2. The van der Waals surface area contributed by atoms with Crippen LogP contribution in [0.4, 0.5) is 4.79 Å². The summed E-state index contributed by atoms with van der Waals surface area (Å²) in [7, 11) is 0. The van der Waals surface area contributed by atoms with Gasteiger partial charge in [0.1, 0.15) is 0 Å².